The van der Waals surface area contributed by atoms with Crippen molar-refractivity contribution in [2.24, 2.45) is 0 Å². The molecule has 2 fully saturated rings. The summed E-state index contributed by atoms with van der Waals surface area (Å²) in [5.74, 6) is -2.49. The monoisotopic (exact) mass is 946 g/mol. The number of nitrogens with one attached hydrogen (secondary N) is 1. The van der Waals surface area contributed by atoms with Gasteiger partial charge in [-0.15, -0.1) is 12.4 Å². The van der Waals surface area contributed by atoms with Gasteiger partial charge in [0, 0.05) is 84.9 Å². The van der Waals surface area contributed by atoms with Crippen molar-refractivity contribution in [3.05, 3.63) is 129 Å². The molecule has 344 valence electrons. The van der Waals surface area contributed by atoms with Gasteiger partial charge in [0.05, 0.1) is 38.4 Å². The summed E-state index contributed by atoms with van der Waals surface area (Å²) in [4.78, 5) is 70.1. The van der Waals surface area contributed by atoms with E-state index in [0.29, 0.717) is 73.8 Å². The molecule has 0 aromatic heterocycles. The first-order valence-electron chi connectivity index (χ1n) is 20.0. The Bertz CT molecular complexity index is 2290. The van der Waals surface area contributed by atoms with Crippen molar-refractivity contribution in [1.29, 1.82) is 0 Å². The maximum atomic E-state index is 14.8. The molecule has 2 aliphatic rings. The fourth-order valence-corrected chi connectivity index (χ4v) is 6.98. The first-order chi connectivity index (χ1) is 30.0. The van der Waals surface area contributed by atoms with Crippen molar-refractivity contribution in [3.63, 3.8) is 0 Å². The summed E-state index contributed by atoms with van der Waals surface area (Å²) in [7, 11) is 2.46. The van der Waals surface area contributed by atoms with Gasteiger partial charge < -0.3 is 34.2 Å². The highest BCUT2D eigenvalue weighted by Crippen LogP contribution is 2.27. The number of esters is 2. The van der Waals surface area contributed by atoms with Crippen molar-refractivity contribution >= 4 is 77.1 Å². The summed E-state index contributed by atoms with van der Waals surface area (Å²) in [6.07, 6.45) is -0.427. The number of ether oxygens (including phenoxy) is 3. The zero-order valence-corrected chi connectivity index (χ0v) is 38.4. The number of carbonyl (C=O) groups is 5. The van der Waals surface area contributed by atoms with Gasteiger partial charge in [-0.25, -0.2) is 32.8 Å². The molecular weight excluding hydrogens is 897 g/mol. The summed E-state index contributed by atoms with van der Waals surface area (Å²) in [6.45, 7) is 9.07. The zero-order valence-electron chi connectivity index (χ0n) is 36.1. The Morgan fingerprint density at radius 2 is 1.03 bits per heavy atom. The first-order valence-corrected chi connectivity index (χ1v) is 20.8. The van der Waals surface area contributed by atoms with Gasteiger partial charge >= 0.3 is 30.1 Å². The fraction of sp³-hybridized carbons (Fsp3) is 0.356. The number of carbonyl (C=O) groups excluding carboxylic acids is 5. The summed E-state index contributed by atoms with van der Waals surface area (Å²) in [6, 6.07) is 21.1. The molecule has 0 bridgehead atoms. The molecule has 14 nitrogen and oxygen atoms in total. The quantitative estimate of drug-likeness (QED) is 0.136. The van der Waals surface area contributed by atoms with E-state index in [1.165, 1.54) is 48.3 Å². The number of anilines is 2. The zero-order chi connectivity index (χ0) is 45.8. The van der Waals surface area contributed by atoms with Crippen LogP contribution in [0.4, 0.5) is 34.5 Å². The molecule has 4 aromatic rings. The summed E-state index contributed by atoms with van der Waals surface area (Å²) >= 11 is 12.3. The van der Waals surface area contributed by atoms with Crippen molar-refractivity contribution in [3.8, 4) is 0 Å². The lowest BCUT2D eigenvalue weighted by Crippen LogP contribution is -2.54. The highest BCUT2D eigenvalue weighted by molar-refractivity contribution is 6.31. The molecule has 2 saturated heterocycles. The molecule has 5 amide bonds. The van der Waals surface area contributed by atoms with E-state index >= 15 is 0 Å². The molecule has 6 rings (SSSR count). The van der Waals surface area contributed by atoms with Crippen molar-refractivity contribution in [1.82, 2.24) is 20.0 Å². The largest absolute Gasteiger partial charge is 0.465 e. The van der Waals surface area contributed by atoms with Gasteiger partial charge in [-0.3, -0.25) is 9.80 Å². The van der Waals surface area contributed by atoms with Crippen LogP contribution in [0.15, 0.2) is 84.9 Å². The Morgan fingerprint density at radius 1 is 0.625 bits per heavy atom. The molecule has 0 radical (unpaired) electrons. The molecule has 64 heavy (non-hydrogen) atoms. The molecule has 19 heteroatoms. The maximum absolute atomic E-state index is 14.8. The maximum Gasteiger partial charge on any atom is 0.410 e. The van der Waals surface area contributed by atoms with Crippen LogP contribution in [0.3, 0.4) is 0 Å². The normalized spacial score (nSPS) is 13.7. The van der Waals surface area contributed by atoms with Gasteiger partial charge in [-0.2, -0.15) is 0 Å². The number of piperazine rings is 2. The second-order valence-electron chi connectivity index (χ2n) is 15.5. The smallest absolute Gasteiger partial charge is 0.410 e. The molecule has 2 aliphatic heterocycles. The lowest BCUT2D eigenvalue weighted by Gasteiger charge is -2.38. The van der Waals surface area contributed by atoms with Gasteiger partial charge in [0.2, 0.25) is 0 Å². The number of benzene rings is 4. The number of rotatable bonds is 8. The predicted octanol–water partition coefficient (Wildman–Crippen LogP) is 8.66. The Hall–Kier alpha value is -5.68. The number of hydrogen-bond acceptors (Lipinski definition) is 9. The molecule has 4 aromatic carbocycles. The minimum Gasteiger partial charge on any atom is -0.465 e. The van der Waals surface area contributed by atoms with Gasteiger partial charge in [0.15, 0.2) is 0 Å². The van der Waals surface area contributed by atoms with E-state index in [2.05, 4.69) is 14.8 Å². The van der Waals surface area contributed by atoms with Crippen LogP contribution in [0.2, 0.25) is 10.0 Å². The standard InChI is InChI=1S/C25H29ClFN3O5.C20H21ClFN3O3.ClH/c1-25(2,3)35-24(33)29-12-10-28(11-13-29)23(32)30(20-7-5-6-19(26)15-20)16-18-9-8-17(14-21(18)27)22(31)34-4;1-28-19(26)14-5-6-15(18(22)11-14)13-25(17-4-2-3-16(21)12-17)20(27)24-9-7-23-8-10-24;/h5-9,14-15H,10-13,16H2,1-4H3;2-6,11-12,23H,7-10,13H2,1H3;1H. The van der Waals surface area contributed by atoms with Crippen LogP contribution in [-0.2, 0) is 27.3 Å². The summed E-state index contributed by atoms with van der Waals surface area (Å²) < 4.78 is 44.1. The molecule has 2 heterocycles. The molecule has 0 atom stereocenters. The van der Waals surface area contributed by atoms with Crippen LogP contribution in [0.25, 0.3) is 0 Å². The van der Waals surface area contributed by atoms with E-state index < -0.39 is 35.3 Å². The minimum atomic E-state index is -0.652. The average molecular weight is 948 g/mol. The number of nitrogens with zero attached hydrogens (tertiary/aromatic N) is 5. The van der Waals surface area contributed by atoms with Crippen LogP contribution in [-0.4, -0.2) is 117 Å². The second kappa shape index (κ2) is 23.3. The number of urea groups is 2. The Labute approximate surface area is 387 Å². The molecule has 0 unspecified atom stereocenters. The highest BCUT2D eigenvalue weighted by Gasteiger charge is 2.31. The van der Waals surface area contributed by atoms with E-state index in [9.17, 15) is 32.8 Å². The van der Waals surface area contributed by atoms with Gasteiger partial charge in [0.1, 0.15) is 17.2 Å². The summed E-state index contributed by atoms with van der Waals surface area (Å²) in [5.41, 5.74) is 1.16. The van der Waals surface area contributed by atoms with E-state index in [-0.39, 0.29) is 59.8 Å². The first kappa shape index (κ1) is 51.0. The van der Waals surface area contributed by atoms with Crippen LogP contribution in [0.1, 0.15) is 52.6 Å². The molecule has 0 saturated carbocycles. The van der Waals surface area contributed by atoms with E-state index in [1.807, 2.05) is 0 Å². The minimum absolute atomic E-state index is 0. The van der Waals surface area contributed by atoms with E-state index in [1.54, 1.807) is 84.0 Å². The second-order valence-corrected chi connectivity index (χ2v) is 16.4. The van der Waals surface area contributed by atoms with Crippen molar-refractivity contribution in [2.45, 2.75) is 39.5 Å². The molecule has 0 spiro atoms. The fourth-order valence-electron chi connectivity index (χ4n) is 6.61. The number of methoxy groups -OCH3 is 2. The third-order valence-corrected chi connectivity index (χ3v) is 10.4. The molecule has 0 aliphatic carbocycles. The number of hydrogen-bond donors (Lipinski definition) is 1. The number of amides is 5. The van der Waals surface area contributed by atoms with Gasteiger partial charge in [0.25, 0.3) is 0 Å². The number of halogens is 5. The van der Waals surface area contributed by atoms with Crippen molar-refractivity contribution in [2.75, 3.05) is 76.4 Å². The topological polar surface area (TPSA) is 141 Å². The van der Waals surface area contributed by atoms with Gasteiger partial charge in [-0.05, 0) is 81.4 Å². The Balaban J connectivity index is 0.000000283. The lowest BCUT2D eigenvalue weighted by molar-refractivity contribution is 0.0171. The Kier molecular flexibility index (Phi) is 18.6. The van der Waals surface area contributed by atoms with Crippen LogP contribution < -0.4 is 15.1 Å². The van der Waals surface area contributed by atoms with Crippen LogP contribution in [0.5, 0.6) is 0 Å². The van der Waals surface area contributed by atoms with Crippen molar-refractivity contribution < 1.29 is 47.0 Å². The molecule has 1 N–H and O–H groups in total. The summed E-state index contributed by atoms with van der Waals surface area (Å²) in [5, 5.41) is 4.11. The predicted molar refractivity (Wildman–Crippen MR) is 243 cm³/mol. The SMILES string of the molecule is COC(=O)c1ccc(CN(C(=O)N2CCN(C(=O)OC(C)(C)C)CC2)c2cccc(Cl)c2)c(F)c1.COC(=O)c1ccc(CN(C(=O)N2CCNCC2)c2cccc(Cl)c2)c(F)c1.Cl. The third-order valence-electron chi connectivity index (χ3n) is 9.90. The van der Waals surface area contributed by atoms with Crippen LogP contribution >= 0.6 is 35.6 Å². The Morgan fingerprint density at radius 3 is 1.41 bits per heavy atom. The highest BCUT2D eigenvalue weighted by atomic mass is 35.5. The van der Waals surface area contributed by atoms with E-state index in [0.717, 1.165) is 12.1 Å². The average Bonchev–Trinajstić information content (AvgIpc) is 3.27. The third kappa shape index (κ3) is 13.9. The van der Waals surface area contributed by atoms with Gasteiger partial charge in [-0.1, -0.05) is 47.5 Å². The lowest BCUT2D eigenvalue weighted by atomic mass is 10.1. The van der Waals surface area contributed by atoms with Crippen LogP contribution in [0, 0.1) is 11.6 Å². The van der Waals surface area contributed by atoms with E-state index in [4.69, 9.17) is 27.9 Å². The molecular formula is C45H51Cl3F2N6O8.